The minimum Gasteiger partial charge on any atom is -0.388 e. The highest BCUT2D eigenvalue weighted by atomic mass is 32.2. The number of carbonyl (C=O) groups excluding carboxylic acids is 1. The molecule has 0 bridgehead atoms. The van der Waals surface area contributed by atoms with Gasteiger partial charge in [-0.1, -0.05) is 0 Å². The van der Waals surface area contributed by atoms with Crippen LogP contribution in [0.3, 0.4) is 0 Å². The highest BCUT2D eigenvalue weighted by Gasteiger charge is 2.29. The third-order valence-electron chi connectivity index (χ3n) is 2.80. The smallest absolute Gasteiger partial charge is 0.298 e. The van der Waals surface area contributed by atoms with Gasteiger partial charge in [-0.3, -0.25) is 4.79 Å². The Balaban J connectivity index is 2.13. The maximum atomic E-state index is 12.0. The summed E-state index contributed by atoms with van der Waals surface area (Å²) in [7, 11) is -1.83. The van der Waals surface area contributed by atoms with Gasteiger partial charge in [-0.25, -0.2) is 0 Å². The molecule has 0 radical (unpaired) electrons. The summed E-state index contributed by atoms with van der Waals surface area (Å²) in [4.78, 5) is 15.6. The Hall–Kier alpha value is -1.41. The highest BCUT2D eigenvalue weighted by molar-refractivity contribution is 7.94. The van der Waals surface area contributed by atoms with Gasteiger partial charge in [0.25, 0.3) is 15.9 Å². The first-order valence-corrected chi connectivity index (χ1v) is 6.64. The summed E-state index contributed by atoms with van der Waals surface area (Å²) in [5, 5.41) is -0.366. The van der Waals surface area contributed by atoms with Crippen molar-refractivity contribution < 1.29 is 13.2 Å². The Morgan fingerprint density at radius 2 is 1.94 bits per heavy atom. The summed E-state index contributed by atoms with van der Waals surface area (Å²) < 4.78 is 25.9. The van der Waals surface area contributed by atoms with E-state index in [-0.39, 0.29) is 16.6 Å². The van der Waals surface area contributed by atoms with E-state index >= 15 is 0 Å². The SMILES string of the molecule is CN1CCN(C(=O)C2=NS(=O)(=O)C(N)=C2)CC1. The van der Waals surface area contributed by atoms with Crippen molar-refractivity contribution in [3.63, 3.8) is 0 Å². The maximum absolute atomic E-state index is 12.0. The molecule has 1 amide bonds. The van der Waals surface area contributed by atoms with E-state index < -0.39 is 10.0 Å². The normalized spacial score (nSPS) is 24.4. The number of carbonyl (C=O) groups is 1. The summed E-state index contributed by atoms with van der Waals surface area (Å²) in [5.41, 5.74) is 5.18. The Labute approximate surface area is 99.6 Å². The van der Waals surface area contributed by atoms with Crippen molar-refractivity contribution in [1.82, 2.24) is 9.80 Å². The number of hydrogen-bond acceptors (Lipinski definition) is 5. The van der Waals surface area contributed by atoms with Crippen molar-refractivity contribution in [1.29, 1.82) is 0 Å². The van der Waals surface area contributed by atoms with Gasteiger partial charge in [-0.15, -0.1) is 0 Å². The molecule has 1 saturated heterocycles. The van der Waals surface area contributed by atoms with E-state index in [9.17, 15) is 13.2 Å². The second-order valence-corrected chi connectivity index (χ2v) is 5.70. The third-order valence-corrected chi connectivity index (χ3v) is 3.96. The predicted molar refractivity (Wildman–Crippen MR) is 62.7 cm³/mol. The molecule has 2 rings (SSSR count). The summed E-state index contributed by atoms with van der Waals surface area (Å²) in [6.45, 7) is 2.68. The number of piperazine rings is 1. The van der Waals surface area contributed by atoms with Crippen LogP contribution in [0.5, 0.6) is 0 Å². The van der Waals surface area contributed by atoms with Crippen molar-refractivity contribution in [2.45, 2.75) is 0 Å². The Morgan fingerprint density at radius 1 is 1.35 bits per heavy atom. The maximum Gasteiger partial charge on any atom is 0.298 e. The molecule has 94 valence electrons. The van der Waals surface area contributed by atoms with E-state index in [1.165, 1.54) is 0 Å². The van der Waals surface area contributed by atoms with Gasteiger partial charge in [0.15, 0.2) is 5.03 Å². The van der Waals surface area contributed by atoms with Crippen LogP contribution >= 0.6 is 0 Å². The molecular formula is C9H14N4O3S. The highest BCUT2D eigenvalue weighted by Crippen LogP contribution is 2.13. The number of sulfonamides is 1. The minimum atomic E-state index is -3.80. The van der Waals surface area contributed by atoms with E-state index in [4.69, 9.17) is 5.73 Å². The number of nitrogens with two attached hydrogens (primary N) is 1. The number of likely N-dealkylation sites (N-methyl/N-ethyl adjacent to an activating group) is 1. The van der Waals surface area contributed by atoms with Gasteiger partial charge in [0.1, 0.15) is 5.71 Å². The van der Waals surface area contributed by atoms with E-state index in [0.29, 0.717) is 13.1 Å². The average Bonchev–Trinajstić information content (AvgIpc) is 2.54. The van der Waals surface area contributed by atoms with E-state index in [1.807, 2.05) is 7.05 Å². The fraction of sp³-hybridized carbons (Fsp3) is 0.556. The lowest BCUT2D eigenvalue weighted by Crippen LogP contribution is -2.48. The molecule has 0 aliphatic carbocycles. The summed E-state index contributed by atoms with van der Waals surface area (Å²) in [5.74, 6) is -0.373. The van der Waals surface area contributed by atoms with Crippen LogP contribution in [-0.4, -0.2) is 63.1 Å². The molecule has 0 aromatic carbocycles. The number of nitrogens with zero attached hydrogens (tertiary/aromatic N) is 3. The zero-order chi connectivity index (χ0) is 12.6. The molecule has 7 nitrogen and oxygen atoms in total. The lowest BCUT2D eigenvalue weighted by Gasteiger charge is -2.32. The second-order valence-electron chi connectivity index (χ2n) is 4.09. The molecule has 2 aliphatic rings. The van der Waals surface area contributed by atoms with Gasteiger partial charge in [-0.2, -0.15) is 12.8 Å². The zero-order valence-corrected chi connectivity index (χ0v) is 10.3. The fourth-order valence-electron chi connectivity index (χ4n) is 1.69. The molecule has 1 fully saturated rings. The lowest BCUT2D eigenvalue weighted by molar-refractivity contribution is -0.125. The van der Waals surface area contributed by atoms with Crippen molar-refractivity contribution in [2.75, 3.05) is 33.2 Å². The summed E-state index contributed by atoms with van der Waals surface area (Å²) in [6.07, 6.45) is 1.12. The average molecular weight is 258 g/mol. The molecule has 2 heterocycles. The fourth-order valence-corrected chi connectivity index (χ4v) is 2.45. The van der Waals surface area contributed by atoms with E-state index in [1.54, 1.807) is 4.90 Å². The van der Waals surface area contributed by atoms with Gasteiger partial charge in [0.05, 0.1) is 0 Å². The molecule has 0 spiro atoms. The van der Waals surface area contributed by atoms with Gasteiger partial charge >= 0.3 is 0 Å². The lowest BCUT2D eigenvalue weighted by atomic mass is 10.2. The Morgan fingerprint density at radius 3 is 2.41 bits per heavy atom. The number of hydrogen-bond donors (Lipinski definition) is 1. The summed E-state index contributed by atoms with van der Waals surface area (Å²) >= 11 is 0. The predicted octanol–water partition coefficient (Wildman–Crippen LogP) is -1.66. The monoisotopic (exact) mass is 258 g/mol. The molecule has 17 heavy (non-hydrogen) atoms. The molecule has 2 aliphatic heterocycles. The van der Waals surface area contributed by atoms with Crippen molar-refractivity contribution in [3.8, 4) is 0 Å². The molecule has 0 saturated carbocycles. The zero-order valence-electron chi connectivity index (χ0n) is 9.46. The standard InChI is InChI=1S/C9H14N4O3S/c1-12-2-4-13(5-3-12)9(14)7-6-8(10)17(15,16)11-7/h6H,2-5,10H2,1H3. The summed E-state index contributed by atoms with van der Waals surface area (Å²) in [6, 6.07) is 0. The molecule has 0 aromatic rings. The number of amides is 1. The van der Waals surface area contributed by atoms with Crippen LogP contribution < -0.4 is 5.73 Å². The van der Waals surface area contributed by atoms with Crippen LogP contribution in [0.25, 0.3) is 0 Å². The quantitative estimate of drug-likeness (QED) is 0.607. The second kappa shape index (κ2) is 4.11. The Bertz CT molecular complexity index is 500. The molecule has 0 atom stereocenters. The molecule has 8 heteroatoms. The van der Waals surface area contributed by atoms with Crippen molar-refractivity contribution >= 4 is 21.6 Å². The first kappa shape index (κ1) is 12.1. The minimum absolute atomic E-state index is 0.0907. The van der Waals surface area contributed by atoms with E-state index in [0.717, 1.165) is 19.2 Å². The molecule has 0 unspecified atom stereocenters. The van der Waals surface area contributed by atoms with Crippen LogP contribution in [0.2, 0.25) is 0 Å². The largest absolute Gasteiger partial charge is 0.388 e. The third kappa shape index (κ3) is 2.32. The van der Waals surface area contributed by atoms with Crippen molar-refractivity contribution in [2.24, 2.45) is 10.1 Å². The molecule has 2 N–H and O–H groups in total. The first-order chi connectivity index (χ1) is 7.90. The topological polar surface area (TPSA) is 96.1 Å². The van der Waals surface area contributed by atoms with E-state index in [2.05, 4.69) is 9.30 Å². The van der Waals surface area contributed by atoms with Gasteiger partial charge < -0.3 is 15.5 Å². The van der Waals surface area contributed by atoms with Crippen molar-refractivity contribution in [3.05, 3.63) is 11.1 Å². The van der Waals surface area contributed by atoms with Crippen LogP contribution in [0, 0.1) is 0 Å². The van der Waals surface area contributed by atoms with Crippen LogP contribution in [0.1, 0.15) is 0 Å². The Kier molecular flexibility index (Phi) is 2.92. The van der Waals surface area contributed by atoms with Crippen LogP contribution in [0.4, 0.5) is 0 Å². The molecular weight excluding hydrogens is 244 g/mol. The van der Waals surface area contributed by atoms with Gasteiger partial charge in [0, 0.05) is 32.3 Å². The first-order valence-electron chi connectivity index (χ1n) is 5.20. The number of rotatable bonds is 1. The van der Waals surface area contributed by atoms with Gasteiger partial charge in [-0.05, 0) is 7.05 Å². The van der Waals surface area contributed by atoms with Crippen LogP contribution in [0.15, 0.2) is 15.5 Å². The molecule has 0 aromatic heterocycles. The van der Waals surface area contributed by atoms with Crippen LogP contribution in [-0.2, 0) is 14.8 Å². The van der Waals surface area contributed by atoms with Gasteiger partial charge in [0.2, 0.25) is 0 Å².